The summed E-state index contributed by atoms with van der Waals surface area (Å²) in [5.74, 6) is 0.301. The van der Waals surface area contributed by atoms with E-state index in [4.69, 9.17) is 0 Å². The fourth-order valence-corrected chi connectivity index (χ4v) is 3.75. The molecule has 0 aliphatic carbocycles. The zero-order chi connectivity index (χ0) is 13.9. The summed E-state index contributed by atoms with van der Waals surface area (Å²) in [6.45, 7) is 1.81. The van der Waals surface area contributed by atoms with E-state index in [2.05, 4.69) is 32.2 Å². The van der Waals surface area contributed by atoms with Crippen LogP contribution >= 0.6 is 15.9 Å². The van der Waals surface area contributed by atoms with Gasteiger partial charge in [0, 0.05) is 36.1 Å². The van der Waals surface area contributed by atoms with Gasteiger partial charge in [-0.3, -0.25) is 4.79 Å². The molecule has 0 aromatic heterocycles. The third-order valence-electron chi connectivity index (χ3n) is 4.44. The predicted octanol–water partition coefficient (Wildman–Crippen LogP) is 2.73. The van der Waals surface area contributed by atoms with Crippen molar-refractivity contribution in [2.75, 3.05) is 13.1 Å². The number of likely N-dealkylation sites (tertiary alicyclic amines) is 1. The summed E-state index contributed by atoms with van der Waals surface area (Å²) in [6.07, 6.45) is 5.04. The number of carbonyl (C=O) groups excluding carboxylic acids is 1. The monoisotopic (exact) mass is 336 g/mol. The predicted molar refractivity (Wildman–Crippen MR) is 83.6 cm³/mol. The Kier molecular flexibility index (Phi) is 4.41. The first-order valence-electron chi connectivity index (χ1n) is 7.49. The summed E-state index contributed by atoms with van der Waals surface area (Å²) in [7, 11) is 0. The Hall–Kier alpha value is -0.870. The third kappa shape index (κ3) is 3.23. The zero-order valence-electron chi connectivity index (χ0n) is 11.6. The molecule has 1 aromatic carbocycles. The van der Waals surface area contributed by atoms with Crippen LogP contribution in [0.4, 0.5) is 0 Å². The van der Waals surface area contributed by atoms with Gasteiger partial charge in [0.15, 0.2) is 0 Å². The summed E-state index contributed by atoms with van der Waals surface area (Å²) < 4.78 is 1.10. The van der Waals surface area contributed by atoms with E-state index < -0.39 is 0 Å². The average molecular weight is 337 g/mol. The number of benzene rings is 1. The van der Waals surface area contributed by atoms with E-state index in [0.717, 1.165) is 30.4 Å². The number of hydrogen-bond acceptors (Lipinski definition) is 2. The van der Waals surface area contributed by atoms with Crippen molar-refractivity contribution in [2.45, 2.75) is 44.2 Å². The van der Waals surface area contributed by atoms with E-state index in [1.165, 1.54) is 18.4 Å². The van der Waals surface area contributed by atoms with Crippen LogP contribution in [0.2, 0.25) is 0 Å². The number of nitrogens with one attached hydrogen (secondary N) is 1. The number of aryl methyl sites for hydroxylation is 1. The molecule has 0 radical (unpaired) electrons. The summed E-state index contributed by atoms with van der Waals surface area (Å²) in [6, 6.07) is 9.32. The number of rotatable bonds is 3. The SMILES string of the molecule is O=C(CCc1ccccc1Br)N1CCC2CCC(C1)N2. The van der Waals surface area contributed by atoms with Crippen molar-refractivity contribution in [3.05, 3.63) is 34.3 Å². The van der Waals surface area contributed by atoms with Crippen LogP contribution in [0, 0.1) is 0 Å². The van der Waals surface area contributed by atoms with Gasteiger partial charge in [-0.2, -0.15) is 0 Å². The molecule has 2 heterocycles. The van der Waals surface area contributed by atoms with Gasteiger partial charge in [-0.15, -0.1) is 0 Å². The molecule has 2 fully saturated rings. The Labute approximate surface area is 128 Å². The second kappa shape index (κ2) is 6.27. The largest absolute Gasteiger partial charge is 0.341 e. The Balaban J connectivity index is 1.55. The standard InChI is InChI=1S/C16H21BrN2O/c17-15-4-2-1-3-12(15)5-8-16(20)19-10-9-13-6-7-14(11-19)18-13/h1-4,13-14,18H,5-11H2. The van der Waals surface area contributed by atoms with Crippen molar-refractivity contribution >= 4 is 21.8 Å². The van der Waals surface area contributed by atoms with Gasteiger partial charge in [0.25, 0.3) is 0 Å². The molecule has 1 amide bonds. The molecule has 0 saturated carbocycles. The van der Waals surface area contributed by atoms with Crippen molar-refractivity contribution in [3.8, 4) is 0 Å². The summed E-state index contributed by atoms with van der Waals surface area (Å²) in [5, 5.41) is 3.62. The Bertz CT molecular complexity index is 491. The van der Waals surface area contributed by atoms with Gasteiger partial charge in [0.05, 0.1) is 0 Å². The second-order valence-electron chi connectivity index (χ2n) is 5.86. The van der Waals surface area contributed by atoms with Crippen LogP contribution in [-0.2, 0) is 11.2 Å². The van der Waals surface area contributed by atoms with Crippen molar-refractivity contribution in [1.29, 1.82) is 0 Å². The quantitative estimate of drug-likeness (QED) is 0.920. The summed E-state index contributed by atoms with van der Waals surface area (Å²) in [5.41, 5.74) is 1.22. The first kappa shape index (κ1) is 14.1. The molecule has 1 aromatic rings. The minimum atomic E-state index is 0.301. The van der Waals surface area contributed by atoms with E-state index in [9.17, 15) is 4.79 Å². The van der Waals surface area contributed by atoms with E-state index in [-0.39, 0.29) is 0 Å². The van der Waals surface area contributed by atoms with Crippen LogP contribution in [0.25, 0.3) is 0 Å². The lowest BCUT2D eigenvalue weighted by Crippen LogP contribution is -2.39. The highest BCUT2D eigenvalue weighted by molar-refractivity contribution is 9.10. The third-order valence-corrected chi connectivity index (χ3v) is 5.22. The van der Waals surface area contributed by atoms with Crippen LogP contribution in [0.5, 0.6) is 0 Å². The number of carbonyl (C=O) groups is 1. The normalized spacial score (nSPS) is 25.6. The Morgan fingerprint density at radius 3 is 2.90 bits per heavy atom. The van der Waals surface area contributed by atoms with Crippen molar-refractivity contribution in [3.63, 3.8) is 0 Å². The van der Waals surface area contributed by atoms with Gasteiger partial charge in [-0.05, 0) is 37.3 Å². The van der Waals surface area contributed by atoms with Gasteiger partial charge >= 0.3 is 0 Å². The molecular formula is C16H21BrN2O. The lowest BCUT2D eigenvalue weighted by atomic mass is 10.1. The number of halogens is 1. The number of nitrogens with zero attached hydrogens (tertiary/aromatic N) is 1. The molecule has 2 bridgehead atoms. The molecule has 2 saturated heterocycles. The van der Waals surface area contributed by atoms with Gasteiger partial charge in [-0.25, -0.2) is 0 Å². The maximum absolute atomic E-state index is 12.4. The first-order valence-corrected chi connectivity index (χ1v) is 8.29. The number of amides is 1. The van der Waals surface area contributed by atoms with Crippen LogP contribution in [0.1, 0.15) is 31.2 Å². The molecule has 20 heavy (non-hydrogen) atoms. The minimum absolute atomic E-state index is 0.301. The maximum Gasteiger partial charge on any atom is 0.222 e. The molecule has 3 nitrogen and oxygen atoms in total. The maximum atomic E-state index is 12.4. The Morgan fingerprint density at radius 1 is 1.25 bits per heavy atom. The van der Waals surface area contributed by atoms with E-state index in [1.54, 1.807) is 0 Å². The first-order chi connectivity index (χ1) is 9.72. The molecule has 1 N–H and O–H groups in total. The van der Waals surface area contributed by atoms with Crippen LogP contribution < -0.4 is 5.32 Å². The van der Waals surface area contributed by atoms with Crippen LogP contribution in [0.15, 0.2) is 28.7 Å². The zero-order valence-corrected chi connectivity index (χ0v) is 13.2. The fraction of sp³-hybridized carbons (Fsp3) is 0.562. The highest BCUT2D eigenvalue weighted by Gasteiger charge is 2.30. The molecule has 2 unspecified atom stereocenters. The van der Waals surface area contributed by atoms with Crippen LogP contribution in [0.3, 0.4) is 0 Å². The highest BCUT2D eigenvalue weighted by Crippen LogP contribution is 2.22. The molecule has 2 atom stereocenters. The van der Waals surface area contributed by atoms with E-state index >= 15 is 0 Å². The smallest absolute Gasteiger partial charge is 0.222 e. The molecule has 2 aliphatic heterocycles. The van der Waals surface area contributed by atoms with Crippen LogP contribution in [-0.4, -0.2) is 36.0 Å². The molecule has 3 rings (SSSR count). The molecule has 2 aliphatic rings. The van der Waals surface area contributed by atoms with Crippen molar-refractivity contribution in [2.24, 2.45) is 0 Å². The van der Waals surface area contributed by atoms with Gasteiger partial charge < -0.3 is 10.2 Å². The molecule has 0 spiro atoms. The molecule has 4 heteroatoms. The minimum Gasteiger partial charge on any atom is -0.341 e. The number of hydrogen-bond donors (Lipinski definition) is 1. The molecular weight excluding hydrogens is 316 g/mol. The Morgan fingerprint density at radius 2 is 2.05 bits per heavy atom. The molecule has 108 valence electrons. The van der Waals surface area contributed by atoms with E-state index in [1.807, 2.05) is 18.2 Å². The average Bonchev–Trinajstić information content (AvgIpc) is 2.77. The lowest BCUT2D eigenvalue weighted by Gasteiger charge is -2.24. The summed E-state index contributed by atoms with van der Waals surface area (Å²) in [4.78, 5) is 14.5. The number of fused-ring (bicyclic) bond motifs is 2. The second-order valence-corrected chi connectivity index (χ2v) is 6.71. The summed E-state index contributed by atoms with van der Waals surface area (Å²) >= 11 is 3.55. The van der Waals surface area contributed by atoms with Gasteiger partial charge in [0.2, 0.25) is 5.91 Å². The lowest BCUT2D eigenvalue weighted by molar-refractivity contribution is -0.131. The fourth-order valence-electron chi connectivity index (χ4n) is 3.27. The van der Waals surface area contributed by atoms with Gasteiger partial charge in [0.1, 0.15) is 0 Å². The topological polar surface area (TPSA) is 32.3 Å². The van der Waals surface area contributed by atoms with Gasteiger partial charge in [-0.1, -0.05) is 34.1 Å². The highest BCUT2D eigenvalue weighted by atomic mass is 79.9. The van der Waals surface area contributed by atoms with E-state index in [0.29, 0.717) is 24.4 Å². The van der Waals surface area contributed by atoms with Crippen molar-refractivity contribution in [1.82, 2.24) is 10.2 Å². The van der Waals surface area contributed by atoms with Crippen molar-refractivity contribution < 1.29 is 4.79 Å².